The van der Waals surface area contributed by atoms with Gasteiger partial charge in [-0.2, -0.15) is 0 Å². The smallest absolute Gasteiger partial charge is 0.111 e. The van der Waals surface area contributed by atoms with Crippen LogP contribution in [-0.4, -0.2) is 5.84 Å². The molecular weight excluding hydrogens is 244 g/mol. The number of nitrogens with one attached hydrogen (secondary N) is 1. The molecule has 0 fully saturated rings. The van der Waals surface area contributed by atoms with Gasteiger partial charge < -0.3 is 5.32 Å². The molecule has 1 heterocycles. The highest BCUT2D eigenvalue weighted by Gasteiger charge is 2.13. The molecule has 4 rings (SSSR count). The van der Waals surface area contributed by atoms with E-state index in [4.69, 9.17) is 4.99 Å². The molecule has 2 heteroatoms. The van der Waals surface area contributed by atoms with Gasteiger partial charge in [-0.25, -0.2) is 4.99 Å². The van der Waals surface area contributed by atoms with E-state index in [0.29, 0.717) is 0 Å². The zero-order valence-corrected chi connectivity index (χ0v) is 11.0. The van der Waals surface area contributed by atoms with Crippen LogP contribution in [0.2, 0.25) is 0 Å². The molecule has 0 saturated heterocycles. The SMILES string of the molecule is c1ccc(CC2=Nc3cccc4cccc(c34)N2)cc1. The summed E-state index contributed by atoms with van der Waals surface area (Å²) in [5.41, 5.74) is 3.48. The van der Waals surface area contributed by atoms with Gasteiger partial charge in [0.2, 0.25) is 0 Å². The summed E-state index contributed by atoms with van der Waals surface area (Å²) in [4.78, 5) is 4.76. The first-order chi connectivity index (χ1) is 9.90. The number of benzene rings is 3. The Balaban J connectivity index is 1.78. The van der Waals surface area contributed by atoms with Gasteiger partial charge in [0.25, 0.3) is 0 Å². The molecule has 0 saturated carbocycles. The lowest BCUT2D eigenvalue weighted by Crippen LogP contribution is -2.17. The first-order valence-corrected chi connectivity index (χ1v) is 6.80. The first kappa shape index (κ1) is 11.2. The second-order valence-electron chi connectivity index (χ2n) is 5.03. The summed E-state index contributed by atoms with van der Waals surface area (Å²) in [6.07, 6.45) is 0.825. The standard InChI is InChI=1S/C18H14N2/c1-2-6-13(7-3-1)12-17-19-15-10-4-8-14-9-5-11-16(20-17)18(14)15/h1-11H,12H2,(H,19,20). The molecule has 0 unspecified atom stereocenters. The average molecular weight is 258 g/mol. The van der Waals surface area contributed by atoms with Crippen LogP contribution in [-0.2, 0) is 6.42 Å². The van der Waals surface area contributed by atoms with E-state index in [9.17, 15) is 0 Å². The van der Waals surface area contributed by atoms with E-state index in [1.54, 1.807) is 0 Å². The monoisotopic (exact) mass is 258 g/mol. The van der Waals surface area contributed by atoms with E-state index < -0.39 is 0 Å². The van der Waals surface area contributed by atoms with Crippen LogP contribution in [0.25, 0.3) is 10.8 Å². The Hall–Kier alpha value is -2.61. The Morgan fingerprint density at radius 3 is 2.45 bits per heavy atom. The molecule has 0 spiro atoms. The molecular formula is C18H14N2. The van der Waals surface area contributed by atoms with Crippen LogP contribution in [0.4, 0.5) is 11.4 Å². The Labute approximate surface area is 117 Å². The Bertz CT molecular complexity index is 799. The van der Waals surface area contributed by atoms with Crippen molar-refractivity contribution in [3.05, 3.63) is 72.3 Å². The van der Waals surface area contributed by atoms with Crippen molar-refractivity contribution in [1.82, 2.24) is 0 Å². The van der Waals surface area contributed by atoms with Crippen molar-refractivity contribution in [2.45, 2.75) is 6.42 Å². The van der Waals surface area contributed by atoms with Crippen molar-refractivity contribution in [2.24, 2.45) is 4.99 Å². The summed E-state index contributed by atoms with van der Waals surface area (Å²) < 4.78 is 0. The predicted molar refractivity (Wildman–Crippen MR) is 84.8 cm³/mol. The fourth-order valence-electron chi connectivity index (χ4n) is 2.72. The highest BCUT2D eigenvalue weighted by atomic mass is 15.0. The normalized spacial score (nSPS) is 12.9. The molecule has 1 aliphatic heterocycles. The van der Waals surface area contributed by atoms with Gasteiger partial charge in [-0.3, -0.25) is 0 Å². The summed E-state index contributed by atoms with van der Waals surface area (Å²) in [5.74, 6) is 1.00. The van der Waals surface area contributed by atoms with E-state index >= 15 is 0 Å². The van der Waals surface area contributed by atoms with Crippen molar-refractivity contribution in [1.29, 1.82) is 0 Å². The summed E-state index contributed by atoms with van der Waals surface area (Å²) in [5, 5.41) is 5.91. The van der Waals surface area contributed by atoms with E-state index in [0.717, 1.165) is 23.6 Å². The van der Waals surface area contributed by atoms with Crippen molar-refractivity contribution in [2.75, 3.05) is 5.32 Å². The van der Waals surface area contributed by atoms with Gasteiger partial charge in [0.1, 0.15) is 5.84 Å². The second kappa shape index (κ2) is 4.49. The zero-order valence-electron chi connectivity index (χ0n) is 11.0. The molecule has 20 heavy (non-hydrogen) atoms. The lowest BCUT2D eigenvalue weighted by molar-refractivity contribution is 1.29. The summed E-state index contributed by atoms with van der Waals surface area (Å²) in [6, 6.07) is 23.0. The molecule has 96 valence electrons. The van der Waals surface area contributed by atoms with Crippen molar-refractivity contribution in [3.63, 3.8) is 0 Å². The van der Waals surface area contributed by atoms with Crippen molar-refractivity contribution in [3.8, 4) is 0 Å². The summed E-state index contributed by atoms with van der Waals surface area (Å²) >= 11 is 0. The fraction of sp³-hybridized carbons (Fsp3) is 0.0556. The number of rotatable bonds is 2. The van der Waals surface area contributed by atoms with Crippen LogP contribution in [0.5, 0.6) is 0 Å². The van der Waals surface area contributed by atoms with Gasteiger partial charge in [-0.1, -0.05) is 54.6 Å². The molecule has 0 bridgehead atoms. The van der Waals surface area contributed by atoms with E-state index in [1.165, 1.54) is 16.3 Å². The van der Waals surface area contributed by atoms with Crippen molar-refractivity contribution >= 4 is 28.0 Å². The van der Waals surface area contributed by atoms with Crippen LogP contribution in [0, 0.1) is 0 Å². The van der Waals surface area contributed by atoms with Gasteiger partial charge in [-0.05, 0) is 23.1 Å². The molecule has 1 N–H and O–H groups in total. The van der Waals surface area contributed by atoms with Crippen LogP contribution < -0.4 is 5.32 Å². The minimum absolute atomic E-state index is 0.825. The maximum absolute atomic E-state index is 4.76. The Kier molecular flexibility index (Phi) is 2.52. The summed E-state index contributed by atoms with van der Waals surface area (Å²) in [6.45, 7) is 0. The highest BCUT2D eigenvalue weighted by molar-refractivity contribution is 6.13. The van der Waals surface area contributed by atoms with E-state index in [2.05, 4.69) is 66.0 Å². The van der Waals surface area contributed by atoms with Crippen molar-refractivity contribution < 1.29 is 0 Å². The molecule has 2 nitrogen and oxygen atoms in total. The average Bonchev–Trinajstić information content (AvgIpc) is 2.49. The molecule has 3 aromatic rings. The molecule has 0 aliphatic carbocycles. The number of hydrogen-bond acceptors (Lipinski definition) is 2. The minimum atomic E-state index is 0.825. The predicted octanol–water partition coefficient (Wildman–Crippen LogP) is 4.54. The number of amidine groups is 1. The Morgan fingerprint density at radius 2 is 1.60 bits per heavy atom. The lowest BCUT2D eigenvalue weighted by Gasteiger charge is -2.19. The van der Waals surface area contributed by atoms with Crippen LogP contribution in [0.15, 0.2) is 71.7 Å². The largest absolute Gasteiger partial charge is 0.343 e. The highest BCUT2D eigenvalue weighted by Crippen LogP contribution is 2.35. The Morgan fingerprint density at radius 1 is 0.800 bits per heavy atom. The number of hydrogen-bond donors (Lipinski definition) is 1. The number of nitrogens with zero attached hydrogens (tertiary/aromatic N) is 1. The molecule has 0 atom stereocenters. The third-order valence-electron chi connectivity index (χ3n) is 3.63. The third kappa shape index (κ3) is 1.86. The quantitative estimate of drug-likeness (QED) is 0.717. The minimum Gasteiger partial charge on any atom is -0.343 e. The molecule has 0 aromatic heterocycles. The fourth-order valence-corrected chi connectivity index (χ4v) is 2.72. The molecule has 0 radical (unpaired) electrons. The van der Waals surface area contributed by atoms with Crippen LogP contribution in [0.3, 0.4) is 0 Å². The summed E-state index contributed by atoms with van der Waals surface area (Å²) in [7, 11) is 0. The van der Waals surface area contributed by atoms with Gasteiger partial charge in [0.05, 0.1) is 5.69 Å². The van der Waals surface area contributed by atoms with Crippen LogP contribution in [0.1, 0.15) is 5.56 Å². The van der Waals surface area contributed by atoms with Gasteiger partial charge in [0, 0.05) is 17.5 Å². The maximum Gasteiger partial charge on any atom is 0.111 e. The first-order valence-electron chi connectivity index (χ1n) is 6.80. The number of aliphatic imine (C=N–C) groups is 1. The molecule has 3 aromatic carbocycles. The second-order valence-corrected chi connectivity index (χ2v) is 5.03. The van der Waals surface area contributed by atoms with E-state index in [-0.39, 0.29) is 0 Å². The topological polar surface area (TPSA) is 24.4 Å². The van der Waals surface area contributed by atoms with Gasteiger partial charge in [-0.15, -0.1) is 0 Å². The molecule has 1 aliphatic rings. The maximum atomic E-state index is 4.76. The zero-order chi connectivity index (χ0) is 13.4. The van der Waals surface area contributed by atoms with Gasteiger partial charge >= 0.3 is 0 Å². The lowest BCUT2D eigenvalue weighted by atomic mass is 10.0. The third-order valence-corrected chi connectivity index (χ3v) is 3.63. The van der Waals surface area contributed by atoms with Gasteiger partial charge in [0.15, 0.2) is 0 Å². The number of anilines is 1. The van der Waals surface area contributed by atoms with Crippen LogP contribution >= 0.6 is 0 Å². The van der Waals surface area contributed by atoms with E-state index in [1.807, 2.05) is 6.07 Å². The molecule has 0 amide bonds.